The van der Waals surface area contributed by atoms with Gasteiger partial charge in [0.15, 0.2) is 0 Å². The van der Waals surface area contributed by atoms with E-state index in [0.29, 0.717) is 16.2 Å². The maximum absolute atomic E-state index is 13.4. The largest absolute Gasteiger partial charge is 0.272 e. The Morgan fingerprint density at radius 2 is 1.48 bits per heavy atom. The van der Waals surface area contributed by atoms with Crippen molar-refractivity contribution in [3.05, 3.63) is 69.6 Å². The summed E-state index contributed by atoms with van der Waals surface area (Å²) in [5, 5.41) is 0.200. The molecule has 1 aliphatic rings. The monoisotopic (exact) mass is 407 g/mol. The predicted molar refractivity (Wildman–Crippen MR) is 123 cm³/mol. The quantitative estimate of drug-likeness (QED) is 0.581. The number of rotatable bonds is 4. The number of hydrogen-bond acceptors (Lipinski definition) is 3. The lowest BCUT2D eigenvalue weighted by Crippen LogP contribution is -2.31. The molecule has 1 heterocycles. The Morgan fingerprint density at radius 3 is 2.00 bits per heavy atom. The maximum atomic E-state index is 13.4. The van der Waals surface area contributed by atoms with Crippen LogP contribution in [0, 0.1) is 13.8 Å². The molecule has 0 N–H and O–H groups in total. The van der Waals surface area contributed by atoms with Crippen LogP contribution in [-0.2, 0) is 15.0 Å². The minimum absolute atomic E-state index is 0.0129. The summed E-state index contributed by atoms with van der Waals surface area (Å²) in [6.45, 7) is 14.6. The molecule has 3 nitrogen and oxygen atoms in total. The number of hydrogen-bond donors (Lipinski definition) is 0. The fourth-order valence-corrected chi connectivity index (χ4v) is 4.34. The van der Waals surface area contributed by atoms with Crippen LogP contribution in [0.25, 0.3) is 5.57 Å². The number of amides is 2. The highest BCUT2D eigenvalue weighted by molar-refractivity contribution is 8.04. The van der Waals surface area contributed by atoms with E-state index in [1.165, 1.54) is 27.8 Å². The van der Waals surface area contributed by atoms with Crippen molar-refractivity contribution in [2.24, 2.45) is 0 Å². The predicted octanol–water partition coefficient (Wildman–Crippen LogP) is 6.03. The van der Waals surface area contributed by atoms with Crippen LogP contribution in [0.1, 0.15) is 56.9 Å². The van der Waals surface area contributed by atoms with Crippen LogP contribution in [0.2, 0.25) is 0 Å². The lowest BCUT2D eigenvalue weighted by Gasteiger charge is -2.21. The summed E-state index contributed by atoms with van der Waals surface area (Å²) in [5.41, 5.74) is 5.39. The first-order valence-electron chi connectivity index (χ1n) is 9.98. The van der Waals surface area contributed by atoms with E-state index < -0.39 is 0 Å². The van der Waals surface area contributed by atoms with Crippen molar-refractivity contribution in [2.75, 3.05) is 4.90 Å². The van der Waals surface area contributed by atoms with Gasteiger partial charge in [0.2, 0.25) is 0 Å². The van der Waals surface area contributed by atoms with Gasteiger partial charge in [-0.05, 0) is 53.6 Å². The zero-order chi connectivity index (χ0) is 21.5. The zero-order valence-corrected chi connectivity index (χ0v) is 19.1. The van der Waals surface area contributed by atoms with Crippen LogP contribution in [0.4, 0.5) is 5.69 Å². The first-order chi connectivity index (χ1) is 13.5. The fraction of sp³-hybridized carbons (Fsp3) is 0.360. The van der Waals surface area contributed by atoms with Gasteiger partial charge in [-0.3, -0.25) is 9.59 Å². The summed E-state index contributed by atoms with van der Waals surface area (Å²) in [6, 6.07) is 13.7. The standard InChI is InChI=1S/C25H29NO2S/c1-15(2)29-22-21(18-9-8-16(3)17(4)14-18)23(27)26(24(22)28)20-12-10-19(11-13-20)25(5,6)7/h8-15H,1-7H3. The molecule has 0 bridgehead atoms. The first-order valence-corrected chi connectivity index (χ1v) is 10.9. The minimum atomic E-state index is -0.245. The molecular weight excluding hydrogens is 378 g/mol. The van der Waals surface area contributed by atoms with Crippen molar-refractivity contribution in [1.29, 1.82) is 0 Å². The second kappa shape index (κ2) is 7.83. The van der Waals surface area contributed by atoms with Gasteiger partial charge in [-0.25, -0.2) is 4.90 Å². The van der Waals surface area contributed by atoms with E-state index in [1.54, 1.807) is 0 Å². The molecule has 0 saturated heterocycles. The van der Waals surface area contributed by atoms with Gasteiger partial charge < -0.3 is 0 Å². The Morgan fingerprint density at radius 1 is 0.862 bits per heavy atom. The van der Waals surface area contributed by atoms with Crippen molar-refractivity contribution in [3.63, 3.8) is 0 Å². The number of aryl methyl sites for hydroxylation is 2. The fourth-order valence-electron chi connectivity index (χ4n) is 3.35. The zero-order valence-electron chi connectivity index (χ0n) is 18.3. The molecule has 0 aromatic heterocycles. The van der Waals surface area contributed by atoms with Gasteiger partial charge in [0, 0.05) is 5.25 Å². The van der Waals surface area contributed by atoms with Crippen LogP contribution < -0.4 is 4.90 Å². The number of carbonyl (C=O) groups excluding carboxylic acids is 2. The molecule has 0 radical (unpaired) electrons. The molecule has 2 aromatic rings. The Balaban J connectivity index is 2.07. The van der Waals surface area contributed by atoms with E-state index in [2.05, 4.69) is 20.8 Å². The molecule has 0 saturated carbocycles. The van der Waals surface area contributed by atoms with Crippen molar-refractivity contribution in [1.82, 2.24) is 0 Å². The van der Waals surface area contributed by atoms with Gasteiger partial charge in [0.05, 0.1) is 16.2 Å². The molecule has 152 valence electrons. The third-order valence-corrected chi connectivity index (χ3v) is 6.27. The van der Waals surface area contributed by atoms with Gasteiger partial charge in [0.25, 0.3) is 11.8 Å². The molecule has 0 atom stereocenters. The Kier molecular flexibility index (Phi) is 5.77. The van der Waals surface area contributed by atoms with Crippen LogP contribution >= 0.6 is 11.8 Å². The van der Waals surface area contributed by atoms with Gasteiger partial charge in [-0.2, -0.15) is 0 Å². The summed E-state index contributed by atoms with van der Waals surface area (Å²) >= 11 is 1.46. The Bertz CT molecular complexity index is 994. The summed E-state index contributed by atoms with van der Waals surface area (Å²) in [5.74, 6) is -0.477. The number of imide groups is 1. The highest BCUT2D eigenvalue weighted by Gasteiger charge is 2.40. The molecule has 0 fully saturated rings. The molecule has 29 heavy (non-hydrogen) atoms. The lowest BCUT2D eigenvalue weighted by molar-refractivity contribution is -0.119. The average Bonchev–Trinajstić information content (AvgIpc) is 2.86. The molecule has 2 aromatic carbocycles. The van der Waals surface area contributed by atoms with Crippen LogP contribution in [-0.4, -0.2) is 17.1 Å². The highest BCUT2D eigenvalue weighted by Crippen LogP contribution is 2.40. The number of thioether (sulfide) groups is 1. The molecular formula is C25H29NO2S. The smallest absolute Gasteiger partial charge is 0.268 e. The Hall–Kier alpha value is -2.33. The summed E-state index contributed by atoms with van der Waals surface area (Å²) in [6.07, 6.45) is 0. The second-order valence-corrected chi connectivity index (χ2v) is 10.5. The van der Waals surface area contributed by atoms with Crippen LogP contribution in [0.3, 0.4) is 0 Å². The van der Waals surface area contributed by atoms with E-state index >= 15 is 0 Å². The van der Waals surface area contributed by atoms with Crippen LogP contribution in [0.5, 0.6) is 0 Å². The maximum Gasteiger partial charge on any atom is 0.272 e. The molecule has 1 aliphatic heterocycles. The third-order valence-electron chi connectivity index (χ3n) is 5.18. The summed E-state index contributed by atoms with van der Waals surface area (Å²) < 4.78 is 0. The average molecular weight is 408 g/mol. The summed E-state index contributed by atoms with van der Waals surface area (Å²) in [7, 11) is 0. The molecule has 4 heteroatoms. The molecule has 0 unspecified atom stereocenters. The molecule has 2 amide bonds. The highest BCUT2D eigenvalue weighted by atomic mass is 32.2. The third kappa shape index (κ3) is 4.18. The van der Waals surface area contributed by atoms with Crippen molar-refractivity contribution >= 4 is 34.8 Å². The van der Waals surface area contributed by atoms with Crippen molar-refractivity contribution in [2.45, 2.75) is 59.1 Å². The van der Waals surface area contributed by atoms with E-state index in [4.69, 9.17) is 0 Å². The number of nitrogens with zero attached hydrogens (tertiary/aromatic N) is 1. The minimum Gasteiger partial charge on any atom is -0.268 e. The van der Waals surface area contributed by atoms with Gasteiger partial charge >= 0.3 is 0 Å². The number of anilines is 1. The molecule has 3 rings (SSSR count). The second-order valence-electron chi connectivity index (χ2n) is 8.91. The number of benzene rings is 2. The van der Waals surface area contributed by atoms with E-state index in [9.17, 15) is 9.59 Å². The van der Waals surface area contributed by atoms with Gasteiger partial charge in [-0.1, -0.05) is 65.0 Å². The van der Waals surface area contributed by atoms with E-state index in [0.717, 1.165) is 11.1 Å². The van der Waals surface area contributed by atoms with Crippen molar-refractivity contribution < 1.29 is 9.59 Å². The normalized spacial score (nSPS) is 15.1. The van der Waals surface area contributed by atoms with Gasteiger partial charge in [-0.15, -0.1) is 11.8 Å². The molecule has 0 aliphatic carbocycles. The van der Waals surface area contributed by atoms with Gasteiger partial charge in [0.1, 0.15) is 0 Å². The lowest BCUT2D eigenvalue weighted by atomic mass is 9.87. The number of carbonyl (C=O) groups is 2. The Labute approximate surface area is 178 Å². The summed E-state index contributed by atoms with van der Waals surface area (Å²) in [4.78, 5) is 28.6. The topological polar surface area (TPSA) is 37.4 Å². The SMILES string of the molecule is Cc1ccc(C2=C(SC(C)C)C(=O)N(c3ccc(C(C)(C)C)cc3)C2=O)cc1C. The van der Waals surface area contributed by atoms with Crippen LogP contribution in [0.15, 0.2) is 47.4 Å². The van der Waals surface area contributed by atoms with E-state index in [1.807, 2.05) is 70.2 Å². The van der Waals surface area contributed by atoms with Crippen molar-refractivity contribution in [3.8, 4) is 0 Å². The van der Waals surface area contributed by atoms with E-state index in [-0.39, 0.29) is 22.5 Å². The molecule has 0 spiro atoms. The first kappa shape index (κ1) is 21.4.